The van der Waals surface area contributed by atoms with Crippen LogP contribution in [0, 0.1) is 5.92 Å². The van der Waals surface area contributed by atoms with Crippen LogP contribution in [-0.4, -0.2) is 16.5 Å². The van der Waals surface area contributed by atoms with E-state index in [-0.39, 0.29) is 0 Å². The first kappa shape index (κ1) is 22.6. The fraction of sp³-hybridized carbons (Fsp3) is 0.323. The molecule has 0 spiro atoms. The van der Waals surface area contributed by atoms with Crippen molar-refractivity contribution in [3.05, 3.63) is 102 Å². The summed E-state index contributed by atoms with van der Waals surface area (Å²) in [6.45, 7) is 1.90. The average Bonchev–Trinajstić information content (AvgIpc) is 3.41. The molecular weight excluding hydrogens is 414 g/mol. The smallest absolute Gasteiger partial charge is 0.137 e. The molecule has 2 N–H and O–H groups in total. The van der Waals surface area contributed by atoms with Crippen molar-refractivity contribution in [2.24, 2.45) is 5.92 Å². The quantitative estimate of drug-likeness (QED) is 0.276. The minimum atomic E-state index is 0.577. The molecule has 5 rings (SSSR count). The Bertz CT molecular complexity index is 1140. The molecule has 0 radical (unpaired) electrons. The molecule has 1 atom stereocenters. The van der Waals surface area contributed by atoms with E-state index in [2.05, 4.69) is 82.0 Å². The highest BCUT2D eigenvalue weighted by atomic mass is 14.9. The maximum absolute atomic E-state index is 4.60. The first-order valence-corrected chi connectivity index (χ1v) is 12.8. The average molecular weight is 450 g/mol. The summed E-state index contributed by atoms with van der Waals surface area (Å²) in [7, 11) is 0. The number of imidazole rings is 1. The molecule has 0 aliphatic heterocycles. The highest BCUT2D eigenvalue weighted by molar-refractivity contribution is 5.64. The van der Waals surface area contributed by atoms with E-state index >= 15 is 0 Å². The molecule has 1 aromatic heterocycles. The fourth-order valence-electron chi connectivity index (χ4n) is 5.34. The van der Waals surface area contributed by atoms with E-state index < -0.39 is 0 Å². The lowest BCUT2D eigenvalue weighted by Gasteiger charge is -2.27. The normalized spacial score (nSPS) is 15.3. The van der Waals surface area contributed by atoms with Crippen LogP contribution in [0.4, 0.5) is 0 Å². The van der Waals surface area contributed by atoms with E-state index in [0.29, 0.717) is 5.92 Å². The van der Waals surface area contributed by atoms with Crippen LogP contribution >= 0.6 is 0 Å². The summed E-state index contributed by atoms with van der Waals surface area (Å²) in [6, 6.07) is 30.2. The lowest BCUT2D eigenvalue weighted by Crippen LogP contribution is -2.24. The number of H-pyrrole nitrogens is 1. The number of nitrogens with one attached hydrogen (secondary N) is 2. The molecule has 1 aliphatic carbocycles. The van der Waals surface area contributed by atoms with Crippen LogP contribution in [0.15, 0.2) is 91.1 Å². The van der Waals surface area contributed by atoms with Crippen molar-refractivity contribution in [3.8, 4) is 22.6 Å². The molecular formula is C31H35N3. The van der Waals surface area contributed by atoms with Crippen LogP contribution in [0.3, 0.4) is 0 Å². The topological polar surface area (TPSA) is 40.7 Å². The van der Waals surface area contributed by atoms with Crippen molar-refractivity contribution in [2.75, 3.05) is 6.54 Å². The summed E-state index contributed by atoms with van der Waals surface area (Å²) < 4.78 is 0. The zero-order chi connectivity index (χ0) is 23.0. The molecule has 0 amide bonds. The minimum Gasteiger partial charge on any atom is -0.338 e. The highest BCUT2D eigenvalue weighted by Gasteiger charge is 2.20. The second kappa shape index (κ2) is 11.3. The third kappa shape index (κ3) is 5.84. The Kier molecular flexibility index (Phi) is 7.52. The summed E-state index contributed by atoms with van der Waals surface area (Å²) in [4.78, 5) is 8.08. The second-order valence-corrected chi connectivity index (χ2v) is 9.69. The van der Waals surface area contributed by atoms with Gasteiger partial charge in [-0.05, 0) is 41.0 Å². The number of hydrogen-bond donors (Lipinski definition) is 2. The molecule has 3 heteroatoms. The lowest BCUT2D eigenvalue weighted by atomic mass is 9.80. The third-order valence-corrected chi connectivity index (χ3v) is 7.19. The van der Waals surface area contributed by atoms with Gasteiger partial charge >= 0.3 is 0 Å². The van der Waals surface area contributed by atoms with Gasteiger partial charge in [0.05, 0.1) is 11.9 Å². The summed E-state index contributed by atoms with van der Waals surface area (Å²) in [5.41, 5.74) is 6.12. The number of benzene rings is 3. The first-order valence-electron chi connectivity index (χ1n) is 12.8. The standard InChI is InChI=1S/C31H35N3/c1-4-11-24(12-5-1)19-29(26-14-6-2-7-15-26)22-32-21-25-13-10-18-28(20-25)30-23-33-31(34-30)27-16-8-3-9-17-27/h2-3,6-10,13-18,20,23-24,29,32H,1,4-5,11-12,19,21-22H2,(H,33,34). The van der Waals surface area contributed by atoms with Crippen molar-refractivity contribution in [2.45, 2.75) is 51.0 Å². The van der Waals surface area contributed by atoms with E-state index in [1.807, 2.05) is 24.4 Å². The van der Waals surface area contributed by atoms with Gasteiger partial charge in [-0.1, -0.05) is 111 Å². The van der Waals surface area contributed by atoms with Crippen molar-refractivity contribution in [1.82, 2.24) is 15.3 Å². The maximum Gasteiger partial charge on any atom is 0.137 e. The second-order valence-electron chi connectivity index (χ2n) is 9.69. The Hall–Kier alpha value is -3.17. The molecule has 3 nitrogen and oxygen atoms in total. The molecule has 34 heavy (non-hydrogen) atoms. The molecule has 0 saturated heterocycles. The summed E-state index contributed by atoms with van der Waals surface area (Å²) in [6.07, 6.45) is 10.3. The van der Waals surface area contributed by atoms with Gasteiger partial charge in [-0.3, -0.25) is 0 Å². The molecule has 3 aromatic carbocycles. The summed E-state index contributed by atoms with van der Waals surface area (Å²) in [5.74, 6) is 2.37. The maximum atomic E-state index is 4.60. The summed E-state index contributed by atoms with van der Waals surface area (Å²) >= 11 is 0. The van der Waals surface area contributed by atoms with E-state index in [9.17, 15) is 0 Å². The van der Waals surface area contributed by atoms with Crippen molar-refractivity contribution < 1.29 is 0 Å². The number of aromatic nitrogens is 2. The van der Waals surface area contributed by atoms with Gasteiger partial charge in [0.1, 0.15) is 5.82 Å². The predicted octanol–water partition coefficient (Wildman–Crippen LogP) is 7.59. The van der Waals surface area contributed by atoms with Gasteiger partial charge in [-0.25, -0.2) is 4.98 Å². The van der Waals surface area contributed by atoms with Crippen LogP contribution in [0.25, 0.3) is 22.6 Å². The molecule has 0 bridgehead atoms. The van der Waals surface area contributed by atoms with Crippen LogP contribution in [-0.2, 0) is 6.54 Å². The van der Waals surface area contributed by atoms with Gasteiger partial charge in [0.25, 0.3) is 0 Å². The third-order valence-electron chi connectivity index (χ3n) is 7.19. The summed E-state index contributed by atoms with van der Waals surface area (Å²) in [5, 5.41) is 3.77. The lowest BCUT2D eigenvalue weighted by molar-refractivity contribution is 0.313. The van der Waals surface area contributed by atoms with Gasteiger partial charge in [0.15, 0.2) is 0 Å². The molecule has 1 unspecified atom stereocenters. The van der Waals surface area contributed by atoms with E-state index in [1.54, 1.807) is 0 Å². The van der Waals surface area contributed by atoms with Crippen molar-refractivity contribution in [1.29, 1.82) is 0 Å². The van der Waals surface area contributed by atoms with Crippen molar-refractivity contribution in [3.63, 3.8) is 0 Å². The zero-order valence-electron chi connectivity index (χ0n) is 19.9. The predicted molar refractivity (Wildman–Crippen MR) is 142 cm³/mol. The SMILES string of the molecule is c1ccc(-c2ncc(-c3cccc(CNCC(CC4CCCCC4)c4ccccc4)c3)[nH]2)cc1. The molecule has 1 heterocycles. The molecule has 1 saturated carbocycles. The van der Waals surface area contributed by atoms with Gasteiger partial charge in [0, 0.05) is 18.7 Å². The van der Waals surface area contributed by atoms with Crippen molar-refractivity contribution >= 4 is 0 Å². The van der Waals surface area contributed by atoms with Crippen LogP contribution in [0.2, 0.25) is 0 Å². The molecule has 1 aliphatic rings. The molecule has 174 valence electrons. The number of aromatic amines is 1. The molecule has 1 fully saturated rings. The van der Waals surface area contributed by atoms with Crippen LogP contribution in [0.5, 0.6) is 0 Å². The molecule has 4 aromatic rings. The van der Waals surface area contributed by atoms with E-state index in [1.165, 1.54) is 55.2 Å². The van der Waals surface area contributed by atoms with Crippen LogP contribution in [0.1, 0.15) is 55.6 Å². The highest BCUT2D eigenvalue weighted by Crippen LogP contribution is 2.33. The number of rotatable bonds is 9. The van der Waals surface area contributed by atoms with Crippen LogP contribution < -0.4 is 5.32 Å². The number of nitrogens with zero attached hydrogens (tertiary/aromatic N) is 1. The Balaban J connectivity index is 1.23. The number of hydrogen-bond acceptors (Lipinski definition) is 2. The first-order chi connectivity index (χ1) is 16.8. The zero-order valence-corrected chi connectivity index (χ0v) is 19.9. The Morgan fingerprint density at radius 2 is 1.56 bits per heavy atom. The van der Waals surface area contributed by atoms with Gasteiger partial charge < -0.3 is 10.3 Å². The minimum absolute atomic E-state index is 0.577. The van der Waals surface area contributed by atoms with Gasteiger partial charge in [0.2, 0.25) is 0 Å². The van der Waals surface area contributed by atoms with Gasteiger partial charge in [-0.15, -0.1) is 0 Å². The van der Waals surface area contributed by atoms with E-state index in [4.69, 9.17) is 0 Å². The fourth-order valence-corrected chi connectivity index (χ4v) is 5.34. The Morgan fingerprint density at radius 3 is 2.35 bits per heavy atom. The Morgan fingerprint density at radius 1 is 0.824 bits per heavy atom. The van der Waals surface area contributed by atoms with Gasteiger partial charge in [-0.2, -0.15) is 0 Å². The monoisotopic (exact) mass is 449 g/mol. The van der Waals surface area contributed by atoms with E-state index in [0.717, 1.165) is 36.1 Å². The Labute approximate surface area is 203 Å². The largest absolute Gasteiger partial charge is 0.338 e.